The Balaban J connectivity index is 4.29. The molecule has 0 saturated carbocycles. The lowest BCUT2D eigenvalue weighted by Gasteiger charge is -2.18. The molecule has 0 unspecified atom stereocenters. The van der Waals surface area contributed by atoms with E-state index in [0.29, 0.717) is 19.3 Å². The van der Waals surface area contributed by atoms with Crippen LogP contribution in [0, 0.1) is 5.92 Å². The van der Waals surface area contributed by atoms with Gasteiger partial charge in [-0.05, 0) is 25.2 Å². The number of hydrogen-bond donors (Lipinski definition) is 0. The van der Waals surface area contributed by atoms with Crippen LogP contribution in [0.15, 0.2) is 0 Å². The Morgan fingerprint density at radius 2 is 0.516 bits per heavy atom. The van der Waals surface area contributed by atoms with Crippen molar-refractivity contribution in [1.29, 1.82) is 0 Å². The van der Waals surface area contributed by atoms with Crippen molar-refractivity contribution in [3.05, 3.63) is 0 Å². The molecule has 64 heavy (non-hydrogen) atoms. The van der Waals surface area contributed by atoms with Gasteiger partial charge in [-0.2, -0.15) is 0 Å². The fraction of sp³-hybridized carbons (Fsp3) is 0.948. The summed E-state index contributed by atoms with van der Waals surface area (Å²) in [6.07, 6.45) is 56.6. The van der Waals surface area contributed by atoms with E-state index in [-0.39, 0.29) is 31.1 Å². The second kappa shape index (κ2) is 52.4. The molecule has 0 aliphatic rings. The van der Waals surface area contributed by atoms with Gasteiger partial charge in [-0.1, -0.05) is 291 Å². The van der Waals surface area contributed by atoms with Gasteiger partial charge in [0.1, 0.15) is 13.2 Å². The Morgan fingerprint density at radius 3 is 0.766 bits per heavy atom. The van der Waals surface area contributed by atoms with Crippen LogP contribution in [0.2, 0.25) is 0 Å². The Labute approximate surface area is 399 Å². The summed E-state index contributed by atoms with van der Waals surface area (Å²) in [4.78, 5) is 38.1. The quantitative estimate of drug-likeness (QED) is 0.0344. The third-order valence-corrected chi connectivity index (χ3v) is 13.3. The molecule has 0 N–H and O–H groups in total. The van der Waals surface area contributed by atoms with E-state index in [9.17, 15) is 14.4 Å². The molecule has 0 rings (SSSR count). The third kappa shape index (κ3) is 51.4. The lowest BCUT2D eigenvalue weighted by molar-refractivity contribution is -0.167. The SMILES string of the molecule is CCCCCCCCCCCCCCCCCCCC(=O)O[C@@H](COC(=O)CCCCCCCCCCCCCCCCCC)COC(=O)CCCCCCCCCCCCC(C)C. The van der Waals surface area contributed by atoms with Crippen LogP contribution in [0.5, 0.6) is 0 Å². The van der Waals surface area contributed by atoms with Gasteiger partial charge < -0.3 is 14.2 Å². The molecule has 0 radical (unpaired) electrons. The monoisotopic (exact) mass is 905 g/mol. The lowest BCUT2D eigenvalue weighted by atomic mass is 10.0. The number of unbranched alkanes of at least 4 members (excludes halogenated alkanes) is 40. The van der Waals surface area contributed by atoms with Gasteiger partial charge >= 0.3 is 17.9 Å². The normalized spacial score (nSPS) is 12.0. The number of rotatable bonds is 53. The first-order valence-corrected chi connectivity index (χ1v) is 28.9. The summed E-state index contributed by atoms with van der Waals surface area (Å²) < 4.78 is 16.9. The van der Waals surface area contributed by atoms with Crippen LogP contribution in [0.4, 0.5) is 0 Å². The van der Waals surface area contributed by atoms with Crippen molar-refractivity contribution < 1.29 is 28.6 Å². The number of carbonyl (C=O) groups is 3. The van der Waals surface area contributed by atoms with Crippen LogP contribution in [-0.4, -0.2) is 37.2 Å². The molecule has 0 spiro atoms. The first-order chi connectivity index (χ1) is 31.4. The Hall–Kier alpha value is -1.59. The minimum absolute atomic E-state index is 0.0620. The zero-order valence-electron chi connectivity index (χ0n) is 43.8. The van der Waals surface area contributed by atoms with Crippen molar-refractivity contribution >= 4 is 17.9 Å². The van der Waals surface area contributed by atoms with Gasteiger partial charge in [0.25, 0.3) is 0 Å². The highest BCUT2D eigenvalue weighted by molar-refractivity contribution is 5.71. The minimum atomic E-state index is -0.762. The molecule has 0 aromatic heterocycles. The molecule has 6 nitrogen and oxygen atoms in total. The van der Waals surface area contributed by atoms with Gasteiger partial charge in [0.05, 0.1) is 0 Å². The van der Waals surface area contributed by atoms with E-state index in [2.05, 4.69) is 27.7 Å². The van der Waals surface area contributed by atoms with E-state index in [1.54, 1.807) is 0 Å². The lowest BCUT2D eigenvalue weighted by Crippen LogP contribution is -2.30. The topological polar surface area (TPSA) is 78.9 Å². The molecule has 0 amide bonds. The van der Waals surface area contributed by atoms with E-state index in [0.717, 1.165) is 63.7 Å². The molecule has 0 aliphatic heterocycles. The van der Waals surface area contributed by atoms with Gasteiger partial charge in [-0.3, -0.25) is 14.4 Å². The van der Waals surface area contributed by atoms with Crippen molar-refractivity contribution in [3.8, 4) is 0 Å². The van der Waals surface area contributed by atoms with Crippen LogP contribution in [0.3, 0.4) is 0 Å². The zero-order valence-corrected chi connectivity index (χ0v) is 43.8. The number of hydrogen-bond acceptors (Lipinski definition) is 6. The van der Waals surface area contributed by atoms with Gasteiger partial charge in [0, 0.05) is 19.3 Å². The average Bonchev–Trinajstić information content (AvgIpc) is 3.28. The second-order valence-corrected chi connectivity index (χ2v) is 20.4. The summed E-state index contributed by atoms with van der Waals surface area (Å²) in [5.41, 5.74) is 0. The van der Waals surface area contributed by atoms with Crippen LogP contribution < -0.4 is 0 Å². The van der Waals surface area contributed by atoms with Gasteiger partial charge in [-0.15, -0.1) is 0 Å². The molecule has 1 atom stereocenters. The molecule has 0 heterocycles. The van der Waals surface area contributed by atoms with Crippen molar-refractivity contribution in [2.45, 2.75) is 336 Å². The van der Waals surface area contributed by atoms with Crippen molar-refractivity contribution in [2.75, 3.05) is 13.2 Å². The van der Waals surface area contributed by atoms with E-state index >= 15 is 0 Å². The van der Waals surface area contributed by atoms with E-state index in [4.69, 9.17) is 14.2 Å². The largest absolute Gasteiger partial charge is 0.462 e. The third-order valence-electron chi connectivity index (χ3n) is 13.3. The summed E-state index contributed by atoms with van der Waals surface area (Å²) in [5.74, 6) is -0.0177. The summed E-state index contributed by atoms with van der Waals surface area (Å²) >= 11 is 0. The maximum Gasteiger partial charge on any atom is 0.306 e. The Bertz CT molecular complexity index is 964. The maximum atomic E-state index is 12.8. The second-order valence-electron chi connectivity index (χ2n) is 20.4. The molecular formula is C58H112O6. The Morgan fingerprint density at radius 1 is 0.297 bits per heavy atom. The standard InChI is InChI=1S/C58H112O6/c1-5-7-9-11-13-15-17-19-21-23-25-27-29-35-39-43-47-51-58(61)64-55(53-63-57(60)50-46-42-38-34-31-30-32-36-40-44-48-54(3)4)52-62-56(59)49-45-41-37-33-28-26-24-22-20-18-16-14-12-10-8-6-2/h54-55H,5-53H2,1-4H3/t55-/m0/s1. The summed E-state index contributed by atoms with van der Waals surface area (Å²) in [6, 6.07) is 0. The average molecular weight is 906 g/mol. The van der Waals surface area contributed by atoms with Gasteiger partial charge in [0.15, 0.2) is 6.10 Å². The van der Waals surface area contributed by atoms with E-state index in [1.165, 1.54) is 225 Å². The number of ether oxygens (including phenoxy) is 3. The highest BCUT2D eigenvalue weighted by Crippen LogP contribution is 2.18. The van der Waals surface area contributed by atoms with Crippen molar-refractivity contribution in [3.63, 3.8) is 0 Å². The summed E-state index contributed by atoms with van der Waals surface area (Å²) in [5, 5.41) is 0. The summed E-state index contributed by atoms with van der Waals surface area (Å²) in [7, 11) is 0. The smallest absolute Gasteiger partial charge is 0.306 e. The highest BCUT2D eigenvalue weighted by Gasteiger charge is 2.19. The van der Waals surface area contributed by atoms with Crippen LogP contribution in [0.1, 0.15) is 329 Å². The predicted octanol–water partition coefficient (Wildman–Crippen LogP) is 19.0. The van der Waals surface area contributed by atoms with Crippen molar-refractivity contribution in [1.82, 2.24) is 0 Å². The summed E-state index contributed by atoms with van der Waals surface area (Å²) in [6.45, 7) is 9.05. The van der Waals surface area contributed by atoms with Crippen LogP contribution in [-0.2, 0) is 28.6 Å². The first-order valence-electron chi connectivity index (χ1n) is 28.9. The highest BCUT2D eigenvalue weighted by atomic mass is 16.6. The van der Waals surface area contributed by atoms with Gasteiger partial charge in [0.2, 0.25) is 0 Å². The van der Waals surface area contributed by atoms with Crippen LogP contribution >= 0.6 is 0 Å². The molecule has 0 saturated heterocycles. The molecular weight excluding hydrogens is 793 g/mol. The van der Waals surface area contributed by atoms with E-state index < -0.39 is 6.10 Å². The molecule has 0 fully saturated rings. The fourth-order valence-corrected chi connectivity index (χ4v) is 8.92. The Kier molecular flexibility index (Phi) is 51.1. The minimum Gasteiger partial charge on any atom is -0.462 e. The zero-order chi connectivity index (χ0) is 46.7. The molecule has 6 heteroatoms. The van der Waals surface area contributed by atoms with E-state index in [1.807, 2.05) is 0 Å². The maximum absolute atomic E-state index is 12.8. The number of carbonyl (C=O) groups excluding carboxylic acids is 3. The predicted molar refractivity (Wildman–Crippen MR) is 275 cm³/mol. The van der Waals surface area contributed by atoms with Gasteiger partial charge in [-0.25, -0.2) is 0 Å². The molecule has 0 bridgehead atoms. The molecule has 0 aromatic carbocycles. The first kappa shape index (κ1) is 62.4. The molecule has 380 valence electrons. The fourth-order valence-electron chi connectivity index (χ4n) is 8.92. The van der Waals surface area contributed by atoms with Crippen LogP contribution in [0.25, 0.3) is 0 Å². The van der Waals surface area contributed by atoms with Crippen molar-refractivity contribution in [2.24, 2.45) is 5.92 Å². The molecule has 0 aromatic rings. The molecule has 0 aliphatic carbocycles. The number of esters is 3.